The van der Waals surface area contributed by atoms with Crippen LogP contribution in [0.3, 0.4) is 0 Å². The van der Waals surface area contributed by atoms with E-state index in [9.17, 15) is 13.2 Å². The first-order valence-corrected chi connectivity index (χ1v) is 12.9. The van der Waals surface area contributed by atoms with Crippen molar-refractivity contribution in [3.05, 3.63) is 0 Å². The third-order valence-corrected chi connectivity index (χ3v) is 5.39. The van der Waals surface area contributed by atoms with Crippen LogP contribution < -0.4 is 29.6 Å². The van der Waals surface area contributed by atoms with E-state index in [1.807, 2.05) is 13.8 Å². The van der Waals surface area contributed by atoms with E-state index in [2.05, 4.69) is 6.92 Å². The molecule has 6 nitrogen and oxygen atoms in total. The minimum Gasteiger partial charge on any atom is -0.465 e. The SMILES string of the molecule is CCCCCCCCCC(CCCCCCCC(=O)OCC(C)C)OS(=O)(=O)O.[Na+]. The summed E-state index contributed by atoms with van der Waals surface area (Å²) in [5.74, 6) is 0.230. The topological polar surface area (TPSA) is 89.9 Å². The van der Waals surface area contributed by atoms with Crippen molar-refractivity contribution in [2.75, 3.05) is 6.61 Å². The number of esters is 1. The van der Waals surface area contributed by atoms with Crippen LogP contribution in [0.25, 0.3) is 0 Å². The molecule has 1 N–H and O–H groups in total. The van der Waals surface area contributed by atoms with Crippen molar-refractivity contribution in [1.29, 1.82) is 0 Å². The summed E-state index contributed by atoms with van der Waals surface area (Å²) in [5, 5.41) is 0. The van der Waals surface area contributed by atoms with Crippen molar-refractivity contribution in [3.8, 4) is 0 Å². The summed E-state index contributed by atoms with van der Waals surface area (Å²) in [5.41, 5.74) is 0. The van der Waals surface area contributed by atoms with Gasteiger partial charge in [-0.1, -0.05) is 91.4 Å². The molecule has 0 aromatic rings. The number of rotatable bonds is 20. The van der Waals surface area contributed by atoms with Gasteiger partial charge in [-0.05, 0) is 25.2 Å². The van der Waals surface area contributed by atoms with Crippen LogP contribution in [-0.2, 0) is 24.1 Å². The molecule has 0 aliphatic heterocycles. The Morgan fingerprint density at radius 3 is 1.77 bits per heavy atom. The quantitative estimate of drug-likeness (QED) is 0.130. The molecule has 0 aliphatic rings. The van der Waals surface area contributed by atoms with Gasteiger partial charge in [0.05, 0.1) is 12.7 Å². The number of carbonyl (C=O) groups excluding carboxylic acids is 1. The molecule has 0 amide bonds. The molecule has 1 atom stereocenters. The molecule has 0 bridgehead atoms. The maximum absolute atomic E-state index is 11.5. The van der Waals surface area contributed by atoms with Crippen LogP contribution in [-0.4, -0.2) is 31.7 Å². The first-order chi connectivity index (χ1) is 13.7. The molecule has 174 valence electrons. The molecule has 0 radical (unpaired) electrons. The van der Waals surface area contributed by atoms with Gasteiger partial charge in [0.2, 0.25) is 0 Å². The van der Waals surface area contributed by atoms with Gasteiger partial charge in [0.1, 0.15) is 0 Å². The van der Waals surface area contributed by atoms with Crippen LogP contribution in [0.2, 0.25) is 0 Å². The monoisotopic (exact) mass is 459 g/mol. The van der Waals surface area contributed by atoms with E-state index in [0.717, 1.165) is 51.4 Å². The smallest absolute Gasteiger partial charge is 0.465 e. The van der Waals surface area contributed by atoms with Gasteiger partial charge >= 0.3 is 45.9 Å². The fourth-order valence-electron chi connectivity index (χ4n) is 3.25. The third kappa shape index (κ3) is 24.6. The molecule has 0 spiro atoms. The summed E-state index contributed by atoms with van der Waals surface area (Å²) in [6.45, 7) is 6.70. The van der Waals surface area contributed by atoms with Gasteiger partial charge < -0.3 is 4.74 Å². The van der Waals surface area contributed by atoms with Crippen molar-refractivity contribution in [2.24, 2.45) is 5.92 Å². The van der Waals surface area contributed by atoms with E-state index in [1.165, 1.54) is 25.7 Å². The van der Waals surface area contributed by atoms with Crippen molar-refractivity contribution in [1.82, 2.24) is 0 Å². The number of unbranched alkanes of at least 4 members (excludes halogenated alkanes) is 10. The summed E-state index contributed by atoms with van der Waals surface area (Å²) in [4.78, 5) is 11.5. The van der Waals surface area contributed by atoms with Crippen LogP contribution in [0.15, 0.2) is 0 Å². The van der Waals surface area contributed by atoms with E-state index >= 15 is 0 Å². The van der Waals surface area contributed by atoms with Gasteiger partial charge in [-0.2, -0.15) is 8.42 Å². The van der Waals surface area contributed by atoms with Crippen LogP contribution in [0.4, 0.5) is 0 Å². The zero-order valence-electron chi connectivity index (χ0n) is 19.9. The average Bonchev–Trinajstić information content (AvgIpc) is 2.63. The molecule has 0 rings (SSSR count). The minimum absolute atomic E-state index is 0. The second-order valence-corrected chi connectivity index (χ2v) is 9.49. The van der Waals surface area contributed by atoms with Crippen LogP contribution in [0, 0.1) is 5.92 Å². The minimum atomic E-state index is -4.40. The average molecular weight is 460 g/mol. The van der Waals surface area contributed by atoms with Crippen molar-refractivity contribution >= 4 is 16.4 Å². The maximum atomic E-state index is 11.5. The Balaban J connectivity index is 0. The fraction of sp³-hybridized carbons (Fsp3) is 0.955. The molecule has 0 saturated heterocycles. The Kier molecular flexibility index (Phi) is 23.0. The number of hydrogen-bond acceptors (Lipinski definition) is 5. The Morgan fingerprint density at radius 1 is 0.833 bits per heavy atom. The van der Waals surface area contributed by atoms with Crippen molar-refractivity contribution in [3.63, 3.8) is 0 Å². The molecule has 0 aromatic carbocycles. The number of carbonyl (C=O) groups is 1. The number of hydrogen-bond donors (Lipinski definition) is 1. The predicted octanol–water partition coefficient (Wildman–Crippen LogP) is 3.25. The Bertz CT molecular complexity index is 496. The van der Waals surface area contributed by atoms with E-state index in [0.29, 0.717) is 31.8 Å². The standard InChI is InChI=1S/C22H44O6S.Na/c1-4-5-6-7-8-10-13-16-21(28-29(24,25)26)17-14-11-9-12-15-18-22(23)27-19-20(2)3;/h20-21H,4-19H2,1-3H3,(H,24,25,26);/q;+1. The van der Waals surface area contributed by atoms with Crippen molar-refractivity contribution in [2.45, 2.75) is 123 Å². The number of ether oxygens (including phenoxy) is 1. The summed E-state index contributed by atoms with van der Waals surface area (Å²) in [7, 11) is -4.40. The van der Waals surface area contributed by atoms with Gasteiger partial charge in [0, 0.05) is 6.42 Å². The second kappa shape index (κ2) is 21.2. The van der Waals surface area contributed by atoms with Gasteiger partial charge in [0.25, 0.3) is 0 Å². The van der Waals surface area contributed by atoms with E-state index < -0.39 is 16.5 Å². The van der Waals surface area contributed by atoms with E-state index in [1.54, 1.807) is 0 Å². The van der Waals surface area contributed by atoms with E-state index in [4.69, 9.17) is 13.5 Å². The maximum Gasteiger partial charge on any atom is 1.00 e. The van der Waals surface area contributed by atoms with Crippen LogP contribution >= 0.6 is 0 Å². The van der Waals surface area contributed by atoms with Gasteiger partial charge in [0.15, 0.2) is 0 Å². The second-order valence-electron chi connectivity index (χ2n) is 8.44. The molecule has 0 aliphatic carbocycles. The molecule has 0 fully saturated rings. The third-order valence-electron chi connectivity index (χ3n) is 4.87. The normalized spacial score (nSPS) is 12.6. The Labute approximate surface area is 207 Å². The summed E-state index contributed by atoms with van der Waals surface area (Å²) >= 11 is 0. The molecular formula is C22H44NaO6S+. The molecule has 0 aromatic heterocycles. The zero-order valence-corrected chi connectivity index (χ0v) is 22.7. The summed E-state index contributed by atoms with van der Waals surface area (Å²) in [6.07, 6.45) is 14.0. The predicted molar refractivity (Wildman–Crippen MR) is 117 cm³/mol. The molecular weight excluding hydrogens is 415 g/mol. The van der Waals surface area contributed by atoms with Gasteiger partial charge in [-0.15, -0.1) is 0 Å². The van der Waals surface area contributed by atoms with Crippen molar-refractivity contribution < 1.29 is 56.2 Å². The summed E-state index contributed by atoms with van der Waals surface area (Å²) in [6, 6.07) is 0. The van der Waals surface area contributed by atoms with E-state index in [-0.39, 0.29) is 35.5 Å². The molecule has 8 heteroatoms. The Hall–Kier alpha value is 0.340. The Morgan fingerprint density at radius 2 is 1.30 bits per heavy atom. The zero-order chi connectivity index (χ0) is 22.0. The van der Waals surface area contributed by atoms with Crippen LogP contribution in [0.5, 0.6) is 0 Å². The molecule has 30 heavy (non-hydrogen) atoms. The molecule has 1 unspecified atom stereocenters. The van der Waals surface area contributed by atoms with Crippen LogP contribution in [0.1, 0.15) is 117 Å². The molecule has 0 saturated carbocycles. The van der Waals surface area contributed by atoms with Gasteiger partial charge in [-0.25, -0.2) is 4.18 Å². The van der Waals surface area contributed by atoms with Gasteiger partial charge in [-0.3, -0.25) is 9.35 Å². The molecule has 0 heterocycles. The largest absolute Gasteiger partial charge is 1.00 e. The summed E-state index contributed by atoms with van der Waals surface area (Å²) < 4.78 is 41.1. The fourth-order valence-corrected chi connectivity index (χ4v) is 3.78. The first-order valence-electron chi connectivity index (χ1n) is 11.6. The first kappa shape index (κ1) is 32.5.